The first-order chi connectivity index (χ1) is 7.31. The van der Waals surface area contributed by atoms with E-state index in [-0.39, 0.29) is 12.2 Å². The number of aliphatic hydroxyl groups excluding tert-OH is 1. The van der Waals surface area contributed by atoms with Crippen LogP contribution in [0.4, 0.5) is 0 Å². The van der Waals surface area contributed by atoms with E-state index in [2.05, 4.69) is 6.92 Å². The van der Waals surface area contributed by atoms with Gasteiger partial charge < -0.3 is 9.84 Å². The van der Waals surface area contributed by atoms with Gasteiger partial charge in [0, 0.05) is 13.2 Å². The van der Waals surface area contributed by atoms with Gasteiger partial charge in [0.05, 0.1) is 0 Å². The summed E-state index contributed by atoms with van der Waals surface area (Å²) in [6, 6.07) is 0. The minimum absolute atomic E-state index is 0.134. The molecule has 0 spiro atoms. The van der Waals surface area contributed by atoms with Crippen LogP contribution in [-0.4, -0.2) is 23.9 Å². The first-order valence-corrected chi connectivity index (χ1v) is 6.61. The highest BCUT2D eigenvalue weighted by molar-refractivity contribution is 6.19. The Bertz CT molecular complexity index is 120. The first kappa shape index (κ1) is 15.2. The molecular formula is C12H25ClO2. The van der Waals surface area contributed by atoms with Gasteiger partial charge >= 0.3 is 0 Å². The molecule has 0 aromatic rings. The fourth-order valence-electron chi connectivity index (χ4n) is 1.42. The molecule has 92 valence electrons. The van der Waals surface area contributed by atoms with Crippen molar-refractivity contribution in [2.45, 2.75) is 63.9 Å². The van der Waals surface area contributed by atoms with E-state index in [0.717, 1.165) is 38.7 Å². The average Bonchev–Trinajstić information content (AvgIpc) is 2.24. The zero-order valence-electron chi connectivity index (χ0n) is 9.88. The maximum absolute atomic E-state index is 8.59. The van der Waals surface area contributed by atoms with Gasteiger partial charge in [-0.05, 0) is 25.7 Å². The molecule has 0 bridgehead atoms. The molecule has 0 aliphatic heterocycles. The molecular weight excluding hydrogens is 212 g/mol. The van der Waals surface area contributed by atoms with Gasteiger partial charge in [-0.25, -0.2) is 0 Å². The van der Waals surface area contributed by atoms with Crippen LogP contribution in [-0.2, 0) is 4.74 Å². The second-order valence-corrected chi connectivity index (χ2v) is 4.40. The smallest absolute Gasteiger partial charge is 0.131 e. The lowest BCUT2D eigenvalue weighted by Gasteiger charge is -2.10. The maximum atomic E-state index is 8.59. The van der Waals surface area contributed by atoms with E-state index in [1.54, 1.807) is 0 Å². The van der Waals surface area contributed by atoms with E-state index in [1.165, 1.54) is 19.3 Å². The first-order valence-electron chi connectivity index (χ1n) is 6.17. The number of halogens is 1. The molecule has 0 heterocycles. The highest BCUT2D eigenvalue weighted by Gasteiger charge is 2.03. The van der Waals surface area contributed by atoms with Crippen molar-refractivity contribution in [2.24, 2.45) is 0 Å². The van der Waals surface area contributed by atoms with Gasteiger partial charge in [-0.15, -0.1) is 0 Å². The third-order valence-corrected chi connectivity index (χ3v) is 2.73. The Kier molecular flexibility index (Phi) is 12.5. The lowest BCUT2D eigenvalue weighted by molar-refractivity contribution is 0.0960. The van der Waals surface area contributed by atoms with Crippen LogP contribution in [0.1, 0.15) is 58.3 Å². The predicted molar refractivity (Wildman–Crippen MR) is 65.3 cm³/mol. The zero-order valence-corrected chi connectivity index (χ0v) is 10.6. The molecule has 0 aromatic carbocycles. The van der Waals surface area contributed by atoms with Crippen LogP contribution in [0, 0.1) is 0 Å². The lowest BCUT2D eigenvalue weighted by atomic mass is 10.2. The summed E-state index contributed by atoms with van der Waals surface area (Å²) in [5.74, 6) is 0. The molecule has 0 rings (SSSR count). The molecule has 0 amide bonds. The Hall–Kier alpha value is 0.210. The monoisotopic (exact) mass is 236 g/mol. The fraction of sp³-hybridized carbons (Fsp3) is 1.00. The summed E-state index contributed by atoms with van der Waals surface area (Å²) in [6.07, 6.45) is 8.76. The molecule has 0 aromatic heterocycles. The quantitative estimate of drug-likeness (QED) is 0.438. The predicted octanol–water partition coefficient (Wildman–Crippen LogP) is 3.70. The molecule has 0 saturated carbocycles. The summed E-state index contributed by atoms with van der Waals surface area (Å²) < 4.78 is 5.47. The van der Waals surface area contributed by atoms with Crippen LogP contribution >= 0.6 is 11.6 Å². The third kappa shape index (κ3) is 12.1. The van der Waals surface area contributed by atoms with E-state index in [4.69, 9.17) is 21.4 Å². The van der Waals surface area contributed by atoms with Crippen molar-refractivity contribution >= 4 is 11.6 Å². The number of unbranched alkanes of at least 4 members (excludes halogenated alkanes) is 5. The van der Waals surface area contributed by atoms with Crippen LogP contribution in [0.3, 0.4) is 0 Å². The van der Waals surface area contributed by atoms with Crippen LogP contribution in [0.5, 0.6) is 0 Å². The zero-order chi connectivity index (χ0) is 11.4. The molecule has 0 radical (unpaired) electrons. The average molecular weight is 237 g/mol. The number of ether oxygens (including phenoxy) is 1. The highest BCUT2D eigenvalue weighted by atomic mass is 35.5. The van der Waals surface area contributed by atoms with E-state index in [9.17, 15) is 0 Å². The van der Waals surface area contributed by atoms with E-state index >= 15 is 0 Å². The van der Waals surface area contributed by atoms with Crippen LogP contribution < -0.4 is 0 Å². The summed E-state index contributed by atoms with van der Waals surface area (Å²) in [4.78, 5) is 0. The number of hydrogen-bond acceptors (Lipinski definition) is 2. The molecule has 2 nitrogen and oxygen atoms in total. The summed E-state index contributed by atoms with van der Waals surface area (Å²) in [5, 5.41) is 8.59. The summed E-state index contributed by atoms with van der Waals surface area (Å²) in [6.45, 7) is 3.27. The third-order valence-electron chi connectivity index (χ3n) is 2.39. The van der Waals surface area contributed by atoms with Crippen molar-refractivity contribution in [2.75, 3.05) is 13.2 Å². The van der Waals surface area contributed by atoms with Gasteiger partial charge in [0.25, 0.3) is 0 Å². The number of alkyl halides is 1. The van der Waals surface area contributed by atoms with E-state index in [1.807, 2.05) is 0 Å². The standard InChI is InChI=1S/C12H25ClO2/c1-2-3-4-8-11-15-12(13)9-6-5-7-10-14/h12,14H,2-11H2,1H3. The molecule has 0 fully saturated rings. The van der Waals surface area contributed by atoms with E-state index in [0.29, 0.717) is 0 Å². The van der Waals surface area contributed by atoms with E-state index < -0.39 is 0 Å². The van der Waals surface area contributed by atoms with Gasteiger partial charge in [0.15, 0.2) is 0 Å². The van der Waals surface area contributed by atoms with Crippen LogP contribution in [0.2, 0.25) is 0 Å². The Labute approximate surface area is 99.0 Å². The molecule has 3 heteroatoms. The molecule has 1 unspecified atom stereocenters. The van der Waals surface area contributed by atoms with Crippen LogP contribution in [0.25, 0.3) is 0 Å². The van der Waals surface area contributed by atoms with Crippen molar-refractivity contribution in [1.29, 1.82) is 0 Å². The second-order valence-electron chi connectivity index (χ2n) is 3.91. The summed E-state index contributed by atoms with van der Waals surface area (Å²) >= 11 is 5.99. The van der Waals surface area contributed by atoms with Gasteiger partial charge in [0.1, 0.15) is 5.56 Å². The number of hydrogen-bond donors (Lipinski definition) is 1. The number of rotatable bonds is 11. The molecule has 0 saturated heterocycles. The summed E-state index contributed by atoms with van der Waals surface area (Å²) in [7, 11) is 0. The van der Waals surface area contributed by atoms with Crippen LogP contribution in [0.15, 0.2) is 0 Å². The Morgan fingerprint density at radius 2 is 1.80 bits per heavy atom. The molecule has 0 aliphatic carbocycles. The van der Waals surface area contributed by atoms with Gasteiger partial charge in [-0.3, -0.25) is 0 Å². The van der Waals surface area contributed by atoms with Gasteiger partial charge in [0.2, 0.25) is 0 Å². The van der Waals surface area contributed by atoms with Crippen molar-refractivity contribution in [3.63, 3.8) is 0 Å². The van der Waals surface area contributed by atoms with Crippen molar-refractivity contribution in [3.05, 3.63) is 0 Å². The molecule has 1 N–H and O–H groups in total. The lowest BCUT2D eigenvalue weighted by Crippen LogP contribution is -2.06. The topological polar surface area (TPSA) is 29.5 Å². The maximum Gasteiger partial charge on any atom is 0.131 e. The molecule has 15 heavy (non-hydrogen) atoms. The van der Waals surface area contributed by atoms with Crippen molar-refractivity contribution in [3.8, 4) is 0 Å². The second kappa shape index (κ2) is 12.3. The fourth-order valence-corrected chi connectivity index (χ4v) is 1.66. The largest absolute Gasteiger partial charge is 0.396 e. The normalized spacial score (nSPS) is 13.0. The van der Waals surface area contributed by atoms with Gasteiger partial charge in [-0.1, -0.05) is 44.2 Å². The Morgan fingerprint density at radius 3 is 2.47 bits per heavy atom. The Balaban J connectivity index is 3.08. The Morgan fingerprint density at radius 1 is 1.07 bits per heavy atom. The molecule has 0 aliphatic rings. The van der Waals surface area contributed by atoms with Crippen molar-refractivity contribution < 1.29 is 9.84 Å². The molecule has 1 atom stereocenters. The summed E-state index contributed by atoms with van der Waals surface area (Å²) in [5.41, 5.74) is -0.134. The number of aliphatic hydroxyl groups is 1. The highest BCUT2D eigenvalue weighted by Crippen LogP contribution is 2.11. The van der Waals surface area contributed by atoms with Crippen molar-refractivity contribution in [1.82, 2.24) is 0 Å². The van der Waals surface area contributed by atoms with Gasteiger partial charge in [-0.2, -0.15) is 0 Å². The SMILES string of the molecule is CCCCCCOC(Cl)CCCCCO. The minimum atomic E-state index is -0.134. The minimum Gasteiger partial charge on any atom is -0.396 e.